The molecule has 8 heteroatoms. The number of nitrogens with one attached hydrogen (secondary N) is 1. The molecule has 2 unspecified atom stereocenters. The largest absolute Gasteiger partial charge is 0.496 e. The van der Waals surface area contributed by atoms with Gasteiger partial charge in [-0.05, 0) is 24.3 Å². The van der Waals surface area contributed by atoms with Crippen LogP contribution in [0, 0.1) is 11.8 Å². The predicted octanol–water partition coefficient (Wildman–Crippen LogP) is 3.66. The van der Waals surface area contributed by atoms with Gasteiger partial charge in [0.05, 0.1) is 30.6 Å². The maximum Gasteiger partial charge on any atom is 0.268 e. The van der Waals surface area contributed by atoms with Gasteiger partial charge in [-0.3, -0.25) is 4.79 Å². The van der Waals surface area contributed by atoms with E-state index in [0.29, 0.717) is 18.3 Å². The summed E-state index contributed by atoms with van der Waals surface area (Å²) in [4.78, 5) is 12.1. The highest BCUT2D eigenvalue weighted by Crippen LogP contribution is 2.33. The Labute approximate surface area is 160 Å². The van der Waals surface area contributed by atoms with E-state index in [0.717, 1.165) is 19.1 Å². The van der Waals surface area contributed by atoms with Gasteiger partial charge in [0.15, 0.2) is 0 Å². The van der Waals surface area contributed by atoms with E-state index in [1.165, 1.54) is 19.2 Å². The van der Waals surface area contributed by atoms with E-state index in [4.69, 9.17) is 21.1 Å². The van der Waals surface area contributed by atoms with Crippen molar-refractivity contribution in [1.29, 1.82) is 0 Å². The molecule has 1 amide bonds. The van der Waals surface area contributed by atoms with Gasteiger partial charge in [-0.15, -0.1) is 6.58 Å². The Morgan fingerprint density at radius 2 is 2.04 bits per heavy atom. The number of carbonyl (C=O) groups excluding carboxylic acids is 1. The van der Waals surface area contributed by atoms with Gasteiger partial charge in [0.25, 0.3) is 5.91 Å². The number of rotatable bonds is 10. The molecule has 1 rings (SSSR count). The molecule has 1 N–H and O–H groups in total. The Hall–Kier alpha value is -1.73. The molecule has 1 aromatic rings. The van der Waals surface area contributed by atoms with Gasteiger partial charge >= 0.3 is 0 Å². The van der Waals surface area contributed by atoms with Gasteiger partial charge in [0, 0.05) is 6.07 Å². The van der Waals surface area contributed by atoms with Gasteiger partial charge in [-0.25, -0.2) is 13.1 Å². The summed E-state index contributed by atoms with van der Waals surface area (Å²) in [5.41, 5.74) is 0.0152. The summed E-state index contributed by atoms with van der Waals surface area (Å²) in [5.74, 6) is 0.473. The highest BCUT2D eigenvalue weighted by molar-refractivity contribution is 7.89. The van der Waals surface area contributed by atoms with Crippen LogP contribution >= 0.6 is 11.6 Å². The number of hydrogen-bond donors (Lipinski definition) is 1. The van der Waals surface area contributed by atoms with E-state index in [1.54, 1.807) is 0 Å². The quantitative estimate of drug-likeness (QED) is 0.603. The normalized spacial score (nSPS) is 13.6. The molecule has 0 saturated heterocycles. The van der Waals surface area contributed by atoms with Gasteiger partial charge in [0.2, 0.25) is 10.0 Å². The Morgan fingerprint density at radius 3 is 2.54 bits per heavy atom. The zero-order valence-corrected chi connectivity index (χ0v) is 17.1. The number of ether oxygens (including phenoxy) is 2. The fourth-order valence-corrected chi connectivity index (χ4v) is 3.25. The molecule has 0 bridgehead atoms. The minimum atomic E-state index is -3.70. The fraction of sp³-hybridized carbons (Fsp3) is 0.500. The second kappa shape index (κ2) is 9.83. The second-order valence-corrected chi connectivity index (χ2v) is 8.32. The van der Waals surface area contributed by atoms with Crippen LogP contribution in [0.1, 0.15) is 37.0 Å². The molecular weight excluding hydrogens is 378 g/mol. The number of amides is 1. The highest BCUT2D eigenvalue weighted by Gasteiger charge is 2.20. The summed E-state index contributed by atoms with van der Waals surface area (Å²) in [5, 5.41) is 0.202. The smallest absolute Gasteiger partial charge is 0.268 e. The molecule has 6 nitrogen and oxygen atoms in total. The van der Waals surface area contributed by atoms with Gasteiger partial charge < -0.3 is 9.47 Å². The van der Waals surface area contributed by atoms with Crippen molar-refractivity contribution in [3.05, 3.63) is 35.4 Å². The molecule has 0 heterocycles. The Morgan fingerprint density at radius 1 is 1.38 bits per heavy atom. The van der Waals surface area contributed by atoms with Crippen molar-refractivity contribution in [1.82, 2.24) is 4.72 Å². The van der Waals surface area contributed by atoms with E-state index in [1.807, 2.05) is 10.8 Å². The molecular formula is C18H26ClNO5S. The Balaban J connectivity index is 2.98. The van der Waals surface area contributed by atoms with Crippen molar-refractivity contribution in [3.63, 3.8) is 0 Å². The third-order valence-corrected chi connectivity index (χ3v) is 4.93. The van der Waals surface area contributed by atoms with Crippen molar-refractivity contribution in [2.75, 3.05) is 20.0 Å². The first-order valence-electron chi connectivity index (χ1n) is 8.26. The van der Waals surface area contributed by atoms with Crippen molar-refractivity contribution in [2.24, 2.45) is 11.8 Å². The first kappa shape index (κ1) is 22.3. The summed E-state index contributed by atoms with van der Waals surface area (Å²) >= 11 is 6.21. The average Bonchev–Trinajstić information content (AvgIpc) is 2.56. The zero-order valence-electron chi connectivity index (χ0n) is 15.5. The highest BCUT2D eigenvalue weighted by atomic mass is 35.5. The minimum absolute atomic E-state index is 0.0152. The van der Waals surface area contributed by atoms with Crippen LogP contribution in [0.2, 0.25) is 5.02 Å². The molecule has 2 atom stereocenters. The molecule has 0 aromatic heterocycles. The molecule has 0 aliphatic heterocycles. The third kappa shape index (κ3) is 6.53. The van der Waals surface area contributed by atoms with E-state index >= 15 is 0 Å². The average molecular weight is 404 g/mol. The second-order valence-electron chi connectivity index (χ2n) is 6.17. The van der Waals surface area contributed by atoms with Crippen LogP contribution in [-0.2, 0) is 10.0 Å². The first-order valence-corrected chi connectivity index (χ1v) is 10.5. The molecule has 0 spiro atoms. The third-order valence-electron chi connectivity index (χ3n) is 4.08. The van der Waals surface area contributed by atoms with Crippen LogP contribution in [0.15, 0.2) is 24.8 Å². The maximum atomic E-state index is 12.1. The van der Waals surface area contributed by atoms with Crippen LogP contribution in [0.4, 0.5) is 0 Å². The molecule has 0 radical (unpaired) electrons. The molecule has 146 valence electrons. The van der Waals surface area contributed by atoms with E-state index in [2.05, 4.69) is 20.4 Å². The Kier molecular flexibility index (Phi) is 8.43. The minimum Gasteiger partial charge on any atom is -0.496 e. The van der Waals surface area contributed by atoms with E-state index < -0.39 is 15.9 Å². The van der Waals surface area contributed by atoms with Gasteiger partial charge in [0.1, 0.15) is 11.5 Å². The summed E-state index contributed by atoms with van der Waals surface area (Å²) in [7, 11) is -2.32. The fourth-order valence-electron chi connectivity index (χ4n) is 2.59. The van der Waals surface area contributed by atoms with Crippen LogP contribution in [-0.4, -0.2) is 34.3 Å². The topological polar surface area (TPSA) is 81.7 Å². The summed E-state index contributed by atoms with van der Waals surface area (Å²) in [6.07, 6.45) is 4.71. The molecule has 0 fully saturated rings. The lowest BCUT2D eigenvalue weighted by Gasteiger charge is -2.22. The van der Waals surface area contributed by atoms with Crippen molar-refractivity contribution in [2.45, 2.75) is 26.7 Å². The number of sulfonamides is 1. The summed E-state index contributed by atoms with van der Waals surface area (Å²) < 4.78 is 35.4. The number of halogens is 1. The lowest BCUT2D eigenvalue weighted by Crippen LogP contribution is -2.29. The van der Waals surface area contributed by atoms with Crippen LogP contribution in [0.25, 0.3) is 0 Å². The van der Waals surface area contributed by atoms with Crippen LogP contribution in [0.5, 0.6) is 11.5 Å². The molecule has 1 aromatic carbocycles. The van der Waals surface area contributed by atoms with Crippen molar-refractivity contribution >= 4 is 27.5 Å². The monoisotopic (exact) mass is 403 g/mol. The van der Waals surface area contributed by atoms with Gasteiger partial charge in [-0.1, -0.05) is 37.9 Å². The van der Waals surface area contributed by atoms with Crippen molar-refractivity contribution < 1.29 is 22.7 Å². The van der Waals surface area contributed by atoms with Crippen LogP contribution < -0.4 is 14.2 Å². The predicted molar refractivity (Wildman–Crippen MR) is 104 cm³/mol. The summed E-state index contributed by atoms with van der Waals surface area (Å²) in [6, 6.07) is 2.82. The standard InChI is InChI=1S/C18H26ClNO5S/c1-6-8-13(7-2)12(3)11-25-17-10-16(24-4)14(9-15(17)19)18(21)20-26(5,22)23/h6,9-10,12-13H,1,7-8,11H2,2-5H3,(H,20,21). The first-order chi connectivity index (χ1) is 12.1. The molecule has 26 heavy (non-hydrogen) atoms. The van der Waals surface area contributed by atoms with E-state index in [9.17, 15) is 13.2 Å². The van der Waals surface area contributed by atoms with Crippen molar-refractivity contribution in [3.8, 4) is 11.5 Å². The zero-order chi connectivity index (χ0) is 19.9. The number of hydrogen-bond acceptors (Lipinski definition) is 5. The van der Waals surface area contributed by atoms with E-state index in [-0.39, 0.29) is 22.3 Å². The number of allylic oxidation sites excluding steroid dienone is 1. The molecule has 0 aliphatic carbocycles. The SMILES string of the molecule is C=CCC(CC)C(C)COc1cc(OC)c(C(=O)NS(C)(=O)=O)cc1Cl. The number of carbonyl (C=O) groups is 1. The molecule has 0 aliphatic rings. The number of benzene rings is 1. The lowest BCUT2D eigenvalue weighted by atomic mass is 9.89. The molecule has 0 saturated carbocycles. The summed E-state index contributed by atoms with van der Waals surface area (Å²) in [6.45, 7) is 8.44. The number of methoxy groups -OCH3 is 1. The maximum absolute atomic E-state index is 12.1. The lowest BCUT2D eigenvalue weighted by molar-refractivity contribution is 0.0978. The van der Waals surface area contributed by atoms with Gasteiger partial charge in [-0.2, -0.15) is 0 Å². The Bertz CT molecular complexity index is 748. The van der Waals surface area contributed by atoms with Crippen LogP contribution in [0.3, 0.4) is 0 Å².